The van der Waals surface area contributed by atoms with Gasteiger partial charge in [0.1, 0.15) is 0 Å². The molecule has 3 N–H and O–H groups in total. The van der Waals surface area contributed by atoms with Gasteiger partial charge in [-0.1, -0.05) is 23.5 Å². The van der Waals surface area contributed by atoms with Crippen molar-refractivity contribution in [3.8, 4) is 10.7 Å². The van der Waals surface area contributed by atoms with Crippen molar-refractivity contribution in [1.82, 2.24) is 24.3 Å². The van der Waals surface area contributed by atoms with Crippen molar-refractivity contribution >= 4 is 39.8 Å². The van der Waals surface area contributed by atoms with Crippen LogP contribution in [0, 0.1) is 0 Å². The number of aliphatic carboxylic acids is 2. The van der Waals surface area contributed by atoms with Crippen molar-refractivity contribution in [2.45, 2.75) is 18.9 Å². The summed E-state index contributed by atoms with van der Waals surface area (Å²) in [5.74, 6) is -4.95. The van der Waals surface area contributed by atoms with Crippen molar-refractivity contribution in [2.75, 3.05) is 19.4 Å². The summed E-state index contributed by atoms with van der Waals surface area (Å²) in [6.07, 6.45) is -4.77. The summed E-state index contributed by atoms with van der Waals surface area (Å²) in [4.78, 5) is 46.7. The molecule has 0 atom stereocenters. The fourth-order valence-electron chi connectivity index (χ4n) is 2.85. The fourth-order valence-corrected chi connectivity index (χ4v) is 3.61. The average Bonchev–Trinajstić information content (AvgIpc) is 3.53. The quantitative estimate of drug-likeness (QED) is 0.280. The van der Waals surface area contributed by atoms with Crippen molar-refractivity contribution in [3.05, 3.63) is 66.4 Å². The maximum Gasteiger partial charge on any atom is 0.490 e. The number of amides is 1. The van der Waals surface area contributed by atoms with E-state index in [1.165, 1.54) is 11.3 Å². The molecule has 11 nitrogen and oxygen atoms in total. The van der Waals surface area contributed by atoms with Gasteiger partial charge in [0.2, 0.25) is 0 Å². The normalized spacial score (nSPS) is 11.0. The molecule has 0 unspecified atom stereocenters. The third kappa shape index (κ3) is 9.16. The Balaban J connectivity index is 0.000000349. The Bertz CT molecular complexity index is 1470. The first kappa shape index (κ1) is 32.5. The third-order valence-corrected chi connectivity index (χ3v) is 5.66. The average molecular weight is 607 g/mol. The molecule has 0 spiro atoms. The lowest BCUT2D eigenvalue weighted by Gasteiger charge is -2.15. The highest BCUT2D eigenvalue weighted by Gasteiger charge is 2.38. The predicted octanol–water partition coefficient (Wildman–Crippen LogP) is 4.43. The van der Waals surface area contributed by atoms with Crippen LogP contribution < -0.4 is 5.32 Å². The minimum Gasteiger partial charge on any atom is -0.475 e. The Morgan fingerprint density at radius 3 is 2.05 bits per heavy atom. The molecule has 4 aromatic heterocycles. The predicted molar refractivity (Wildman–Crippen MR) is 133 cm³/mol. The molecule has 4 rings (SSSR count). The zero-order valence-electron chi connectivity index (χ0n) is 20.9. The third-order valence-electron chi connectivity index (χ3n) is 4.65. The largest absolute Gasteiger partial charge is 0.490 e. The van der Waals surface area contributed by atoms with Crippen LogP contribution in [0.25, 0.3) is 16.2 Å². The highest BCUT2D eigenvalue weighted by atomic mass is 32.1. The Kier molecular flexibility index (Phi) is 10.7. The first-order valence-electron chi connectivity index (χ1n) is 10.9. The van der Waals surface area contributed by atoms with Gasteiger partial charge in [-0.25, -0.2) is 19.6 Å². The van der Waals surface area contributed by atoms with E-state index in [4.69, 9.17) is 19.8 Å². The number of thiazole rings is 1. The molecule has 0 aliphatic heterocycles. The highest BCUT2D eigenvalue weighted by Crippen LogP contribution is 2.30. The van der Waals surface area contributed by atoms with E-state index in [2.05, 4.69) is 20.3 Å². The number of nitrogens with one attached hydrogen (secondary N) is 1. The zero-order chi connectivity index (χ0) is 31.0. The van der Waals surface area contributed by atoms with E-state index in [0.717, 1.165) is 21.2 Å². The molecule has 41 heavy (non-hydrogen) atoms. The second kappa shape index (κ2) is 13.6. The van der Waals surface area contributed by atoms with Crippen LogP contribution >= 0.6 is 11.3 Å². The van der Waals surface area contributed by atoms with Gasteiger partial charge in [0, 0.05) is 26.5 Å². The molecular formula is C23H20F6N6O5S. The van der Waals surface area contributed by atoms with Gasteiger partial charge in [0.15, 0.2) is 16.6 Å². The number of alkyl halides is 6. The van der Waals surface area contributed by atoms with E-state index in [1.54, 1.807) is 24.3 Å². The van der Waals surface area contributed by atoms with Crippen LogP contribution in [-0.2, 0) is 16.1 Å². The number of rotatable bonds is 5. The highest BCUT2D eigenvalue weighted by molar-refractivity contribution is 7.18. The van der Waals surface area contributed by atoms with Gasteiger partial charge in [-0.15, -0.1) is 0 Å². The number of aromatic nitrogens is 4. The summed E-state index contributed by atoms with van der Waals surface area (Å²) in [5.41, 5.74) is 2.02. The number of anilines is 1. The lowest BCUT2D eigenvalue weighted by atomic mass is 10.3. The Morgan fingerprint density at radius 2 is 1.56 bits per heavy atom. The summed E-state index contributed by atoms with van der Waals surface area (Å²) < 4.78 is 65.4. The van der Waals surface area contributed by atoms with Crippen LogP contribution in [0.1, 0.15) is 16.2 Å². The number of nitrogens with zero attached hydrogens (tertiary/aromatic N) is 5. The van der Waals surface area contributed by atoms with E-state index < -0.39 is 24.3 Å². The van der Waals surface area contributed by atoms with Gasteiger partial charge in [-0.3, -0.25) is 14.2 Å². The van der Waals surface area contributed by atoms with Crippen LogP contribution in [-0.4, -0.2) is 78.8 Å². The van der Waals surface area contributed by atoms with Crippen LogP contribution in [0.2, 0.25) is 0 Å². The minimum absolute atomic E-state index is 0.144. The van der Waals surface area contributed by atoms with Gasteiger partial charge >= 0.3 is 24.3 Å². The van der Waals surface area contributed by atoms with Crippen molar-refractivity contribution in [1.29, 1.82) is 0 Å². The van der Waals surface area contributed by atoms with Crippen LogP contribution in [0.5, 0.6) is 0 Å². The number of carboxylic acid groups (broad SMARTS) is 2. The molecule has 0 aliphatic rings. The number of carbonyl (C=O) groups excluding carboxylic acids is 1. The molecule has 18 heteroatoms. The van der Waals surface area contributed by atoms with Crippen LogP contribution in [0.15, 0.2) is 55.0 Å². The number of hydrogen-bond donors (Lipinski definition) is 3. The molecule has 4 heterocycles. The lowest BCUT2D eigenvalue weighted by Crippen LogP contribution is -2.27. The molecule has 1 amide bonds. The van der Waals surface area contributed by atoms with E-state index in [-0.39, 0.29) is 5.91 Å². The van der Waals surface area contributed by atoms with Gasteiger partial charge in [0.05, 0.1) is 28.8 Å². The van der Waals surface area contributed by atoms with Crippen LogP contribution in [0.3, 0.4) is 0 Å². The number of halogens is 6. The summed E-state index contributed by atoms with van der Waals surface area (Å²) in [5, 5.41) is 18.1. The van der Waals surface area contributed by atoms with Gasteiger partial charge in [-0.2, -0.15) is 26.3 Å². The van der Waals surface area contributed by atoms with E-state index in [0.29, 0.717) is 18.1 Å². The van der Waals surface area contributed by atoms with E-state index >= 15 is 0 Å². The number of imidazole rings is 1. The van der Waals surface area contributed by atoms with Crippen molar-refractivity contribution in [3.63, 3.8) is 0 Å². The lowest BCUT2D eigenvalue weighted by molar-refractivity contribution is -0.193. The van der Waals surface area contributed by atoms with Crippen molar-refractivity contribution < 1.29 is 50.9 Å². The molecule has 0 aliphatic carbocycles. The summed E-state index contributed by atoms with van der Waals surface area (Å²) in [7, 11) is 3.59. The topological polar surface area (TPSA) is 150 Å². The smallest absolute Gasteiger partial charge is 0.475 e. The number of fused-ring (bicyclic) bond motifs is 1. The zero-order valence-corrected chi connectivity index (χ0v) is 21.8. The summed E-state index contributed by atoms with van der Waals surface area (Å²) in [6, 6.07) is 11.4. The SMILES string of the molecule is CNc1ncc(-c2nc(C(=O)N(C)Cc3ccccn3)c3ccccn23)s1.O=C(O)C(F)(F)F.O=C(O)C(F)(F)F. The molecule has 220 valence electrons. The number of hydrogen-bond acceptors (Lipinski definition) is 8. The second-order valence-corrected chi connectivity index (χ2v) is 8.64. The minimum atomic E-state index is -5.08. The first-order chi connectivity index (χ1) is 19.1. The van der Waals surface area contributed by atoms with Crippen molar-refractivity contribution in [2.24, 2.45) is 0 Å². The summed E-state index contributed by atoms with van der Waals surface area (Å²) >= 11 is 1.50. The van der Waals surface area contributed by atoms with Crippen LogP contribution in [0.4, 0.5) is 31.5 Å². The first-order valence-corrected chi connectivity index (χ1v) is 11.7. The Hall–Kier alpha value is -4.74. The molecule has 0 radical (unpaired) electrons. The van der Waals surface area contributed by atoms with Gasteiger partial charge in [-0.05, 0) is 24.3 Å². The second-order valence-electron chi connectivity index (χ2n) is 7.61. The molecule has 0 saturated heterocycles. The fraction of sp³-hybridized carbons (Fsp3) is 0.217. The maximum atomic E-state index is 13.1. The molecule has 0 fully saturated rings. The standard InChI is InChI=1S/C19H18N6OS.2C2HF3O2/c1-20-19-22-11-15(27-19)17-23-16(14-8-4-6-10-25(14)17)18(26)24(2)12-13-7-3-5-9-21-13;2*3-2(4,5)1(6)7/h3-11H,12H2,1-2H3,(H,20,22);2*(H,6,7). The number of carbonyl (C=O) groups is 3. The van der Waals surface area contributed by atoms with Gasteiger partial charge in [0.25, 0.3) is 5.91 Å². The molecule has 4 aromatic rings. The van der Waals surface area contributed by atoms with E-state index in [1.807, 2.05) is 54.0 Å². The number of pyridine rings is 2. The maximum absolute atomic E-state index is 13.1. The molecular weight excluding hydrogens is 586 g/mol. The monoisotopic (exact) mass is 606 g/mol. The summed E-state index contributed by atoms with van der Waals surface area (Å²) in [6.45, 7) is 0.422. The Labute approximate surface area is 230 Å². The molecule has 0 bridgehead atoms. The number of carboxylic acids is 2. The van der Waals surface area contributed by atoms with E-state index in [9.17, 15) is 31.1 Å². The molecule has 0 saturated carbocycles. The Morgan fingerprint density at radius 1 is 0.976 bits per heavy atom. The van der Waals surface area contributed by atoms with Gasteiger partial charge < -0.3 is 20.4 Å². The molecule has 0 aromatic carbocycles.